The van der Waals surface area contributed by atoms with Crippen molar-refractivity contribution in [2.75, 3.05) is 0 Å². The molecule has 0 saturated heterocycles. The van der Waals surface area contributed by atoms with E-state index in [9.17, 15) is 4.39 Å². The maximum Gasteiger partial charge on any atom is 0.173 e. The number of rotatable bonds is 4. The summed E-state index contributed by atoms with van der Waals surface area (Å²) in [6.45, 7) is 3.96. The summed E-state index contributed by atoms with van der Waals surface area (Å²) in [7, 11) is 0. The fourth-order valence-electron chi connectivity index (χ4n) is 1.96. The van der Waals surface area contributed by atoms with Gasteiger partial charge in [0.05, 0.1) is 5.56 Å². The minimum Gasteiger partial charge on any atom is -0.489 e. The van der Waals surface area contributed by atoms with Crippen molar-refractivity contribution in [1.82, 2.24) is 0 Å². The summed E-state index contributed by atoms with van der Waals surface area (Å²) in [5, 5.41) is 11.5. The molecule has 0 atom stereocenters. The van der Waals surface area contributed by atoms with Crippen LogP contribution in [0, 0.1) is 19.7 Å². The number of amidine groups is 1. The zero-order chi connectivity index (χ0) is 15.4. The lowest BCUT2D eigenvalue weighted by atomic mass is 10.1. The smallest absolute Gasteiger partial charge is 0.173 e. The number of nitrogens with zero attached hydrogens (tertiary/aromatic N) is 1. The summed E-state index contributed by atoms with van der Waals surface area (Å²) in [6.07, 6.45) is 0. The quantitative estimate of drug-likeness (QED) is 0.393. The third kappa shape index (κ3) is 3.31. The number of hydrogen-bond donors (Lipinski definition) is 2. The van der Waals surface area contributed by atoms with Crippen LogP contribution in [-0.4, -0.2) is 11.0 Å². The van der Waals surface area contributed by atoms with Crippen LogP contribution in [0.4, 0.5) is 4.39 Å². The normalized spacial score (nSPS) is 11.5. The molecule has 2 rings (SSSR count). The zero-order valence-electron chi connectivity index (χ0n) is 11.9. The Balaban J connectivity index is 2.23. The van der Waals surface area contributed by atoms with E-state index in [2.05, 4.69) is 5.16 Å². The standard InChI is InChI=1S/C16H17FN2O2/c1-10-6-7-11(2)14(8-10)21-9-12-4-3-5-13(15(12)17)16(18)19-20/h3-8,20H,9H2,1-2H3,(H2,18,19). The van der Waals surface area contributed by atoms with E-state index in [1.165, 1.54) is 6.07 Å². The lowest BCUT2D eigenvalue weighted by Gasteiger charge is -2.12. The maximum atomic E-state index is 14.2. The largest absolute Gasteiger partial charge is 0.489 e. The molecular weight excluding hydrogens is 271 g/mol. The number of halogens is 1. The van der Waals surface area contributed by atoms with E-state index >= 15 is 0 Å². The Morgan fingerprint density at radius 2 is 2.05 bits per heavy atom. The number of ether oxygens (including phenoxy) is 1. The summed E-state index contributed by atoms with van der Waals surface area (Å²) in [6, 6.07) is 10.5. The molecule has 0 spiro atoms. The van der Waals surface area contributed by atoms with Crippen LogP contribution < -0.4 is 10.5 Å². The summed E-state index contributed by atoms with van der Waals surface area (Å²) < 4.78 is 19.9. The minimum atomic E-state index is -0.543. The van der Waals surface area contributed by atoms with Crippen molar-refractivity contribution in [3.05, 3.63) is 64.5 Å². The fraction of sp³-hybridized carbons (Fsp3) is 0.188. The molecule has 0 saturated carbocycles. The lowest BCUT2D eigenvalue weighted by molar-refractivity contribution is 0.297. The van der Waals surface area contributed by atoms with Gasteiger partial charge in [-0.2, -0.15) is 0 Å². The highest BCUT2D eigenvalue weighted by Crippen LogP contribution is 2.21. The van der Waals surface area contributed by atoms with E-state index in [0.717, 1.165) is 11.1 Å². The first-order chi connectivity index (χ1) is 10.0. The van der Waals surface area contributed by atoms with E-state index in [-0.39, 0.29) is 18.0 Å². The van der Waals surface area contributed by atoms with Gasteiger partial charge in [0.2, 0.25) is 0 Å². The van der Waals surface area contributed by atoms with Crippen molar-refractivity contribution < 1.29 is 14.3 Å². The predicted octanol–water partition coefficient (Wildman–Crippen LogP) is 3.12. The number of hydrogen-bond acceptors (Lipinski definition) is 3. The minimum absolute atomic E-state index is 0.0552. The van der Waals surface area contributed by atoms with Crippen LogP contribution in [-0.2, 0) is 6.61 Å². The number of nitrogens with two attached hydrogens (primary N) is 1. The molecule has 0 aliphatic carbocycles. The second-order valence-electron chi connectivity index (χ2n) is 4.82. The average molecular weight is 288 g/mol. The highest BCUT2D eigenvalue weighted by molar-refractivity contribution is 5.97. The Kier molecular flexibility index (Phi) is 4.42. The van der Waals surface area contributed by atoms with Gasteiger partial charge in [0, 0.05) is 5.56 Å². The van der Waals surface area contributed by atoms with E-state index in [4.69, 9.17) is 15.7 Å². The van der Waals surface area contributed by atoms with Gasteiger partial charge in [-0.25, -0.2) is 4.39 Å². The first-order valence-electron chi connectivity index (χ1n) is 6.48. The Morgan fingerprint density at radius 3 is 2.76 bits per heavy atom. The molecular formula is C16H17FN2O2. The van der Waals surface area contributed by atoms with Crippen LogP contribution in [0.3, 0.4) is 0 Å². The second kappa shape index (κ2) is 6.26. The lowest BCUT2D eigenvalue weighted by Crippen LogP contribution is -2.16. The molecule has 0 fully saturated rings. The van der Waals surface area contributed by atoms with Crippen molar-refractivity contribution >= 4 is 5.84 Å². The van der Waals surface area contributed by atoms with Crippen molar-refractivity contribution in [1.29, 1.82) is 0 Å². The molecule has 2 aromatic rings. The van der Waals surface area contributed by atoms with Crippen LogP contribution >= 0.6 is 0 Å². The Morgan fingerprint density at radius 1 is 1.29 bits per heavy atom. The van der Waals surface area contributed by atoms with Gasteiger partial charge in [0.1, 0.15) is 18.2 Å². The molecule has 3 N–H and O–H groups in total. The zero-order valence-corrected chi connectivity index (χ0v) is 11.9. The van der Waals surface area contributed by atoms with Crippen LogP contribution in [0.5, 0.6) is 5.75 Å². The van der Waals surface area contributed by atoms with Gasteiger partial charge in [0.25, 0.3) is 0 Å². The fourth-order valence-corrected chi connectivity index (χ4v) is 1.96. The third-order valence-electron chi connectivity index (χ3n) is 3.19. The highest BCUT2D eigenvalue weighted by Gasteiger charge is 2.12. The molecule has 0 amide bonds. The van der Waals surface area contributed by atoms with E-state index in [1.807, 2.05) is 32.0 Å². The summed E-state index contributed by atoms with van der Waals surface area (Å²) >= 11 is 0. The molecule has 0 bridgehead atoms. The summed E-state index contributed by atoms with van der Waals surface area (Å²) in [5.74, 6) is -0.0946. The summed E-state index contributed by atoms with van der Waals surface area (Å²) in [5.41, 5.74) is 7.89. The Hall–Kier alpha value is -2.56. The van der Waals surface area contributed by atoms with Gasteiger partial charge in [-0.05, 0) is 37.1 Å². The maximum absolute atomic E-state index is 14.2. The van der Waals surface area contributed by atoms with Gasteiger partial charge in [0.15, 0.2) is 5.84 Å². The van der Waals surface area contributed by atoms with Crippen molar-refractivity contribution in [3.8, 4) is 5.75 Å². The van der Waals surface area contributed by atoms with Crippen LogP contribution in [0.25, 0.3) is 0 Å². The van der Waals surface area contributed by atoms with Gasteiger partial charge in [-0.3, -0.25) is 0 Å². The van der Waals surface area contributed by atoms with E-state index < -0.39 is 5.82 Å². The van der Waals surface area contributed by atoms with E-state index in [0.29, 0.717) is 11.3 Å². The molecule has 2 aromatic carbocycles. The molecule has 0 radical (unpaired) electrons. The Labute approximate surface area is 122 Å². The molecule has 5 heteroatoms. The van der Waals surface area contributed by atoms with E-state index in [1.54, 1.807) is 12.1 Å². The third-order valence-corrected chi connectivity index (χ3v) is 3.19. The molecule has 110 valence electrons. The molecule has 0 unspecified atom stereocenters. The number of aryl methyl sites for hydroxylation is 2. The van der Waals surface area contributed by atoms with Gasteiger partial charge in [-0.15, -0.1) is 0 Å². The van der Waals surface area contributed by atoms with Crippen LogP contribution in [0.2, 0.25) is 0 Å². The van der Waals surface area contributed by atoms with Crippen LogP contribution in [0.1, 0.15) is 22.3 Å². The first kappa shape index (κ1) is 14.8. The molecule has 0 aliphatic heterocycles. The van der Waals surface area contributed by atoms with Crippen LogP contribution in [0.15, 0.2) is 41.6 Å². The highest BCUT2D eigenvalue weighted by atomic mass is 19.1. The molecule has 21 heavy (non-hydrogen) atoms. The number of benzene rings is 2. The number of oxime groups is 1. The molecule has 0 aromatic heterocycles. The average Bonchev–Trinajstić information content (AvgIpc) is 2.48. The topological polar surface area (TPSA) is 67.8 Å². The molecule has 0 heterocycles. The second-order valence-corrected chi connectivity index (χ2v) is 4.82. The van der Waals surface area contributed by atoms with Crippen molar-refractivity contribution in [3.63, 3.8) is 0 Å². The van der Waals surface area contributed by atoms with Crippen molar-refractivity contribution in [2.45, 2.75) is 20.5 Å². The first-order valence-corrected chi connectivity index (χ1v) is 6.48. The van der Waals surface area contributed by atoms with Crippen molar-refractivity contribution in [2.24, 2.45) is 10.9 Å². The SMILES string of the molecule is Cc1ccc(C)c(OCc2cccc(/C(N)=N/O)c2F)c1. The van der Waals surface area contributed by atoms with Gasteiger partial charge >= 0.3 is 0 Å². The monoisotopic (exact) mass is 288 g/mol. The molecule has 0 aliphatic rings. The molecule has 4 nitrogen and oxygen atoms in total. The van der Waals surface area contributed by atoms with Gasteiger partial charge in [-0.1, -0.05) is 29.4 Å². The Bertz CT molecular complexity index is 684. The summed E-state index contributed by atoms with van der Waals surface area (Å²) in [4.78, 5) is 0. The predicted molar refractivity (Wildman–Crippen MR) is 79.2 cm³/mol. The van der Waals surface area contributed by atoms with Gasteiger partial charge < -0.3 is 15.7 Å².